The van der Waals surface area contributed by atoms with E-state index in [-0.39, 0.29) is 11.3 Å². The summed E-state index contributed by atoms with van der Waals surface area (Å²) in [6.45, 7) is 11.9. The molecule has 0 aliphatic heterocycles. The third-order valence-electron chi connectivity index (χ3n) is 2.32. The Morgan fingerprint density at radius 3 is 2.20 bits per heavy atom. The molecule has 1 aromatic rings. The monoisotopic (exact) mass is 208 g/mol. The topological polar surface area (TPSA) is 34.9 Å². The van der Waals surface area contributed by atoms with Crippen molar-refractivity contribution in [3.8, 4) is 0 Å². The molecular weight excluding hydrogens is 188 g/mol. The number of nitrogens with zero attached hydrogens (tertiary/aromatic N) is 2. The molecule has 0 radical (unpaired) electrons. The molecule has 0 atom stereocenters. The summed E-state index contributed by atoms with van der Waals surface area (Å²) in [6, 6.07) is 1.90. The van der Waals surface area contributed by atoms with Gasteiger partial charge in [-0.2, -0.15) is 5.10 Å². The van der Waals surface area contributed by atoms with Crippen molar-refractivity contribution in [2.45, 2.75) is 53.0 Å². The molecule has 0 N–H and O–H groups in total. The van der Waals surface area contributed by atoms with E-state index in [1.54, 1.807) is 6.92 Å². The normalized spacial score (nSPS) is 12.2. The van der Waals surface area contributed by atoms with E-state index in [9.17, 15) is 4.79 Å². The molecule has 3 nitrogen and oxygen atoms in total. The van der Waals surface area contributed by atoms with Gasteiger partial charge in [0.05, 0.1) is 11.2 Å². The molecule has 0 bridgehead atoms. The Balaban J connectivity index is 3.30. The SMILES string of the molecule is CC(=O)c1cc(C(C)C)nn1C(C)(C)C. The van der Waals surface area contributed by atoms with Gasteiger partial charge in [-0.05, 0) is 32.8 Å². The van der Waals surface area contributed by atoms with E-state index in [1.165, 1.54) is 0 Å². The molecule has 1 heterocycles. The van der Waals surface area contributed by atoms with Crippen LogP contribution in [0.5, 0.6) is 0 Å². The molecule has 0 aliphatic carbocycles. The third kappa shape index (κ3) is 2.46. The van der Waals surface area contributed by atoms with E-state index in [4.69, 9.17) is 0 Å². The van der Waals surface area contributed by atoms with Crippen LogP contribution >= 0.6 is 0 Å². The Kier molecular flexibility index (Phi) is 3.03. The zero-order chi connectivity index (χ0) is 11.8. The minimum Gasteiger partial charge on any atom is -0.293 e. The number of aromatic nitrogens is 2. The smallest absolute Gasteiger partial charge is 0.177 e. The minimum atomic E-state index is -0.145. The van der Waals surface area contributed by atoms with Crippen LogP contribution in [0.2, 0.25) is 0 Å². The second-order valence-corrected chi connectivity index (χ2v) is 5.25. The van der Waals surface area contributed by atoms with Crippen molar-refractivity contribution in [3.63, 3.8) is 0 Å². The summed E-state index contributed by atoms with van der Waals surface area (Å²) >= 11 is 0. The van der Waals surface area contributed by atoms with E-state index in [1.807, 2.05) is 10.7 Å². The van der Waals surface area contributed by atoms with Gasteiger partial charge < -0.3 is 0 Å². The van der Waals surface area contributed by atoms with Crippen molar-refractivity contribution in [1.82, 2.24) is 9.78 Å². The molecule has 0 fully saturated rings. The van der Waals surface area contributed by atoms with Gasteiger partial charge in [0.2, 0.25) is 0 Å². The maximum atomic E-state index is 11.5. The lowest BCUT2D eigenvalue weighted by molar-refractivity contribution is 0.0996. The van der Waals surface area contributed by atoms with Crippen LogP contribution in [0.15, 0.2) is 6.07 Å². The molecule has 15 heavy (non-hydrogen) atoms. The van der Waals surface area contributed by atoms with Crippen LogP contribution < -0.4 is 0 Å². The summed E-state index contributed by atoms with van der Waals surface area (Å²) in [5.74, 6) is 0.427. The molecule has 0 spiro atoms. The number of ketones is 1. The van der Waals surface area contributed by atoms with Gasteiger partial charge in [0.25, 0.3) is 0 Å². The maximum Gasteiger partial charge on any atom is 0.177 e. The molecule has 84 valence electrons. The number of hydrogen-bond acceptors (Lipinski definition) is 2. The largest absolute Gasteiger partial charge is 0.293 e. The maximum absolute atomic E-state index is 11.5. The first kappa shape index (κ1) is 12.0. The fourth-order valence-electron chi connectivity index (χ4n) is 1.44. The summed E-state index contributed by atoms with van der Waals surface area (Å²) in [6.07, 6.45) is 0. The van der Waals surface area contributed by atoms with Crippen LogP contribution in [0, 0.1) is 0 Å². The standard InChI is InChI=1S/C12H20N2O/c1-8(2)10-7-11(9(3)15)14(13-10)12(4,5)6/h7-8H,1-6H3. The molecule has 0 saturated carbocycles. The van der Waals surface area contributed by atoms with Crippen molar-refractivity contribution in [1.29, 1.82) is 0 Å². The quantitative estimate of drug-likeness (QED) is 0.700. The minimum absolute atomic E-state index is 0.0734. The molecule has 3 heteroatoms. The van der Waals surface area contributed by atoms with E-state index in [2.05, 4.69) is 39.7 Å². The predicted molar refractivity (Wildman–Crippen MR) is 61.3 cm³/mol. The lowest BCUT2D eigenvalue weighted by Gasteiger charge is -2.21. The van der Waals surface area contributed by atoms with Gasteiger partial charge in [-0.15, -0.1) is 0 Å². The number of carbonyl (C=O) groups excluding carboxylic acids is 1. The Morgan fingerprint density at radius 1 is 1.40 bits per heavy atom. The highest BCUT2D eigenvalue weighted by molar-refractivity contribution is 5.92. The Labute approximate surface area is 91.5 Å². The van der Waals surface area contributed by atoms with Crippen molar-refractivity contribution in [3.05, 3.63) is 17.5 Å². The Morgan fingerprint density at radius 2 is 1.93 bits per heavy atom. The fraction of sp³-hybridized carbons (Fsp3) is 0.667. The predicted octanol–water partition coefficient (Wildman–Crippen LogP) is 2.96. The highest BCUT2D eigenvalue weighted by atomic mass is 16.1. The summed E-state index contributed by atoms with van der Waals surface area (Å²) in [5, 5.41) is 4.50. The average Bonchev–Trinajstić information content (AvgIpc) is 2.45. The van der Waals surface area contributed by atoms with Crippen LogP contribution in [0.4, 0.5) is 0 Å². The lowest BCUT2D eigenvalue weighted by Crippen LogP contribution is -2.26. The Hall–Kier alpha value is -1.12. The van der Waals surface area contributed by atoms with E-state index in [0.717, 1.165) is 5.69 Å². The van der Waals surface area contributed by atoms with Crippen molar-refractivity contribution in [2.75, 3.05) is 0 Å². The van der Waals surface area contributed by atoms with Gasteiger partial charge >= 0.3 is 0 Å². The van der Waals surface area contributed by atoms with Gasteiger partial charge in [-0.25, -0.2) is 0 Å². The van der Waals surface area contributed by atoms with Crippen molar-refractivity contribution < 1.29 is 4.79 Å². The van der Waals surface area contributed by atoms with Crippen LogP contribution in [-0.2, 0) is 5.54 Å². The van der Waals surface area contributed by atoms with Gasteiger partial charge in [0, 0.05) is 6.92 Å². The number of hydrogen-bond donors (Lipinski definition) is 0. The summed E-state index contributed by atoms with van der Waals surface area (Å²) in [5.41, 5.74) is 1.54. The summed E-state index contributed by atoms with van der Waals surface area (Å²) in [7, 11) is 0. The molecule has 0 aliphatic rings. The van der Waals surface area contributed by atoms with Gasteiger partial charge in [-0.3, -0.25) is 9.48 Å². The third-order valence-corrected chi connectivity index (χ3v) is 2.32. The second-order valence-electron chi connectivity index (χ2n) is 5.25. The molecule has 0 amide bonds. The highest BCUT2D eigenvalue weighted by Gasteiger charge is 2.22. The van der Waals surface area contributed by atoms with Crippen molar-refractivity contribution in [2.24, 2.45) is 0 Å². The zero-order valence-electron chi connectivity index (χ0n) is 10.5. The fourth-order valence-corrected chi connectivity index (χ4v) is 1.44. The number of carbonyl (C=O) groups is 1. The van der Waals surface area contributed by atoms with Gasteiger partial charge in [0.15, 0.2) is 5.78 Å². The molecule has 0 aromatic carbocycles. The first-order valence-corrected chi connectivity index (χ1v) is 5.35. The second kappa shape index (κ2) is 3.80. The lowest BCUT2D eigenvalue weighted by atomic mass is 10.1. The molecule has 0 saturated heterocycles. The van der Waals surface area contributed by atoms with Crippen LogP contribution in [0.1, 0.15) is 63.6 Å². The Bertz CT molecular complexity index is 369. The first-order chi connectivity index (χ1) is 6.73. The van der Waals surface area contributed by atoms with Crippen LogP contribution in [0.25, 0.3) is 0 Å². The molecular formula is C12H20N2O. The molecule has 1 rings (SSSR count). The van der Waals surface area contributed by atoms with Crippen molar-refractivity contribution >= 4 is 5.78 Å². The highest BCUT2D eigenvalue weighted by Crippen LogP contribution is 2.21. The van der Waals surface area contributed by atoms with Crippen LogP contribution in [0.3, 0.4) is 0 Å². The average molecular weight is 208 g/mol. The molecule has 1 aromatic heterocycles. The zero-order valence-corrected chi connectivity index (χ0v) is 10.5. The molecule has 0 unspecified atom stereocenters. The number of rotatable bonds is 2. The first-order valence-electron chi connectivity index (χ1n) is 5.35. The van der Waals surface area contributed by atoms with Crippen LogP contribution in [-0.4, -0.2) is 15.6 Å². The van der Waals surface area contributed by atoms with Gasteiger partial charge in [0.1, 0.15) is 5.69 Å². The van der Waals surface area contributed by atoms with E-state index < -0.39 is 0 Å². The summed E-state index contributed by atoms with van der Waals surface area (Å²) in [4.78, 5) is 11.5. The summed E-state index contributed by atoms with van der Waals surface area (Å²) < 4.78 is 1.82. The van der Waals surface area contributed by atoms with E-state index >= 15 is 0 Å². The van der Waals surface area contributed by atoms with Gasteiger partial charge in [-0.1, -0.05) is 13.8 Å². The van der Waals surface area contributed by atoms with E-state index in [0.29, 0.717) is 11.6 Å². The number of Topliss-reactive ketones (excluding diaryl/α,β-unsaturated/α-hetero) is 1.